The maximum absolute atomic E-state index is 14.1. The quantitative estimate of drug-likeness (QED) is 0.565. The number of aliphatic hydroxyl groups excluding tert-OH is 1. The Morgan fingerprint density at radius 2 is 1.94 bits per heavy atom. The lowest BCUT2D eigenvalue weighted by Crippen LogP contribution is -2.46. The Balaban J connectivity index is 1.75. The van der Waals surface area contributed by atoms with Gasteiger partial charge in [-0.3, -0.25) is 9.59 Å². The maximum atomic E-state index is 14.1. The highest BCUT2D eigenvalue weighted by atomic mass is 28.4. The van der Waals surface area contributed by atoms with Gasteiger partial charge in [0.25, 0.3) is 5.91 Å². The predicted octanol–water partition coefficient (Wildman–Crippen LogP) is 3.37. The third-order valence-corrected chi connectivity index (χ3v) is 9.40. The molecule has 2 aromatic carbocycles. The van der Waals surface area contributed by atoms with Crippen LogP contribution in [-0.4, -0.2) is 42.7 Å². The summed E-state index contributed by atoms with van der Waals surface area (Å²) in [5, 5.41) is 12.4. The van der Waals surface area contributed by atoms with E-state index in [1.807, 2.05) is 68.5 Å². The molecule has 4 rings (SSSR count). The molecular formula is C25H32N2O5Si. The van der Waals surface area contributed by atoms with E-state index >= 15 is 0 Å². The van der Waals surface area contributed by atoms with Gasteiger partial charge in [0.1, 0.15) is 0 Å². The van der Waals surface area contributed by atoms with Gasteiger partial charge in [-0.2, -0.15) is 0 Å². The summed E-state index contributed by atoms with van der Waals surface area (Å²) >= 11 is 0. The Hall–Kier alpha value is -2.52. The number of aliphatic hydroxyl groups is 1. The van der Waals surface area contributed by atoms with Gasteiger partial charge in [-0.25, -0.2) is 0 Å². The smallest absolute Gasteiger partial charge is 0.264 e. The van der Waals surface area contributed by atoms with Crippen molar-refractivity contribution in [3.63, 3.8) is 0 Å². The molecule has 2 heterocycles. The van der Waals surface area contributed by atoms with E-state index in [-0.39, 0.29) is 29.9 Å². The van der Waals surface area contributed by atoms with Gasteiger partial charge in [-0.05, 0) is 43.3 Å². The number of carbonyl (C=O) groups is 2. The van der Waals surface area contributed by atoms with Crippen LogP contribution in [0.1, 0.15) is 31.4 Å². The van der Waals surface area contributed by atoms with E-state index in [1.54, 1.807) is 4.90 Å². The van der Waals surface area contributed by atoms with E-state index in [2.05, 4.69) is 5.32 Å². The SMILES string of the molecule is CC(=O)Nc1cccc(CN2C(=O)[C@]3(O[C@H](CCO)[C@@H]([Si](C)(C)O)[C@@H]3C)c3ccccc32)c1. The Morgan fingerprint density at radius 3 is 2.61 bits per heavy atom. The molecule has 0 aromatic heterocycles. The number of para-hydroxylation sites is 1. The largest absolute Gasteiger partial charge is 0.432 e. The Morgan fingerprint density at radius 1 is 1.21 bits per heavy atom. The topological polar surface area (TPSA) is 99.1 Å². The number of carbonyl (C=O) groups excluding carboxylic acids is 2. The highest BCUT2D eigenvalue weighted by Gasteiger charge is 2.65. The molecule has 2 aromatic rings. The molecule has 33 heavy (non-hydrogen) atoms. The number of rotatable bonds is 6. The number of hydrogen-bond donors (Lipinski definition) is 3. The van der Waals surface area contributed by atoms with Crippen LogP contribution in [0.15, 0.2) is 48.5 Å². The van der Waals surface area contributed by atoms with E-state index in [9.17, 15) is 19.5 Å². The second kappa shape index (κ2) is 8.68. The summed E-state index contributed by atoms with van der Waals surface area (Å²) in [5.74, 6) is -0.548. The number of nitrogens with zero attached hydrogens (tertiary/aromatic N) is 1. The molecule has 1 fully saturated rings. The molecule has 0 bridgehead atoms. The fourth-order valence-corrected chi connectivity index (χ4v) is 8.32. The van der Waals surface area contributed by atoms with E-state index in [0.29, 0.717) is 18.7 Å². The van der Waals surface area contributed by atoms with Crippen LogP contribution in [0, 0.1) is 5.92 Å². The van der Waals surface area contributed by atoms with Crippen molar-refractivity contribution < 1.29 is 24.2 Å². The summed E-state index contributed by atoms with van der Waals surface area (Å²) in [6.45, 7) is 7.46. The molecule has 0 radical (unpaired) electrons. The third kappa shape index (κ3) is 4.01. The molecule has 2 aliphatic heterocycles. The van der Waals surface area contributed by atoms with Crippen LogP contribution in [0.4, 0.5) is 11.4 Å². The number of ether oxygens (including phenoxy) is 1. The molecule has 2 aliphatic rings. The molecule has 0 unspecified atom stereocenters. The molecule has 1 spiro atoms. The normalized spacial score (nSPS) is 26.7. The van der Waals surface area contributed by atoms with Crippen molar-refractivity contribution in [2.24, 2.45) is 5.92 Å². The van der Waals surface area contributed by atoms with Crippen molar-refractivity contribution in [2.45, 2.75) is 57.2 Å². The average Bonchev–Trinajstić information content (AvgIpc) is 3.16. The van der Waals surface area contributed by atoms with Crippen molar-refractivity contribution >= 4 is 31.5 Å². The van der Waals surface area contributed by atoms with Gasteiger partial charge < -0.3 is 24.9 Å². The first-order chi connectivity index (χ1) is 15.6. The molecule has 7 nitrogen and oxygen atoms in total. The first-order valence-corrected chi connectivity index (χ1v) is 14.4. The summed E-state index contributed by atoms with van der Waals surface area (Å²) in [6, 6.07) is 15.1. The Labute approximate surface area is 195 Å². The monoisotopic (exact) mass is 468 g/mol. The van der Waals surface area contributed by atoms with Gasteiger partial charge in [0.15, 0.2) is 13.9 Å². The summed E-state index contributed by atoms with van der Waals surface area (Å²) < 4.78 is 6.55. The van der Waals surface area contributed by atoms with E-state index in [1.165, 1.54) is 6.92 Å². The molecular weight excluding hydrogens is 436 g/mol. The molecule has 4 atom stereocenters. The standard InChI is InChI=1S/C25H32N2O5Si/c1-16-23(33(3,4)31)22(12-13-28)32-25(16)20-10-5-6-11-21(20)27(24(25)30)15-18-8-7-9-19(14-18)26-17(2)29/h5-11,14,16,22-23,28,31H,12-13,15H2,1-4H3,(H,26,29)/t16-,22+,23-,25+/m0/s1. The van der Waals surface area contributed by atoms with Crippen LogP contribution < -0.4 is 10.2 Å². The Kier molecular flexibility index (Phi) is 6.22. The minimum atomic E-state index is -2.70. The minimum Gasteiger partial charge on any atom is -0.432 e. The fourth-order valence-electron chi connectivity index (χ4n) is 5.72. The van der Waals surface area contributed by atoms with E-state index in [4.69, 9.17) is 4.74 Å². The van der Waals surface area contributed by atoms with Crippen LogP contribution in [-0.2, 0) is 26.5 Å². The highest BCUT2D eigenvalue weighted by molar-refractivity contribution is 6.71. The van der Waals surface area contributed by atoms with Crippen molar-refractivity contribution in [1.82, 2.24) is 0 Å². The summed E-state index contributed by atoms with van der Waals surface area (Å²) in [4.78, 5) is 38.4. The number of benzene rings is 2. The number of anilines is 2. The van der Waals surface area contributed by atoms with Gasteiger partial charge in [0, 0.05) is 36.2 Å². The number of nitrogens with one attached hydrogen (secondary N) is 1. The fraction of sp³-hybridized carbons (Fsp3) is 0.440. The zero-order valence-electron chi connectivity index (χ0n) is 19.5. The van der Waals surface area contributed by atoms with Crippen molar-refractivity contribution in [2.75, 3.05) is 16.8 Å². The molecule has 2 amide bonds. The minimum absolute atomic E-state index is 0.0655. The molecule has 176 valence electrons. The molecule has 0 aliphatic carbocycles. The summed E-state index contributed by atoms with van der Waals surface area (Å²) in [7, 11) is -2.70. The second-order valence-electron chi connectivity index (χ2n) is 9.66. The Bertz CT molecular complexity index is 1070. The first-order valence-electron chi connectivity index (χ1n) is 11.4. The van der Waals surface area contributed by atoms with Crippen LogP contribution >= 0.6 is 0 Å². The van der Waals surface area contributed by atoms with Crippen molar-refractivity contribution in [3.05, 3.63) is 59.7 Å². The van der Waals surface area contributed by atoms with Crippen molar-refractivity contribution in [3.8, 4) is 0 Å². The molecule has 0 saturated carbocycles. The summed E-state index contributed by atoms with van der Waals surface area (Å²) in [5.41, 5.74) is 1.78. The lowest BCUT2D eigenvalue weighted by Gasteiger charge is -2.32. The maximum Gasteiger partial charge on any atom is 0.264 e. The number of hydrogen-bond acceptors (Lipinski definition) is 5. The lowest BCUT2D eigenvalue weighted by atomic mass is 9.82. The third-order valence-electron chi connectivity index (χ3n) is 6.89. The average molecular weight is 469 g/mol. The molecule has 3 N–H and O–H groups in total. The van der Waals surface area contributed by atoms with Gasteiger partial charge in [-0.15, -0.1) is 0 Å². The summed E-state index contributed by atoms with van der Waals surface area (Å²) in [6.07, 6.45) is -0.0150. The highest BCUT2D eigenvalue weighted by Crippen LogP contribution is 2.59. The van der Waals surface area contributed by atoms with Gasteiger partial charge in [0.05, 0.1) is 18.3 Å². The van der Waals surface area contributed by atoms with E-state index < -0.39 is 20.0 Å². The number of amides is 2. The van der Waals surface area contributed by atoms with Gasteiger partial charge in [0.2, 0.25) is 5.91 Å². The molecule has 8 heteroatoms. The zero-order valence-corrected chi connectivity index (χ0v) is 20.5. The van der Waals surface area contributed by atoms with Crippen LogP contribution in [0.2, 0.25) is 18.6 Å². The van der Waals surface area contributed by atoms with Crippen LogP contribution in [0.25, 0.3) is 0 Å². The van der Waals surface area contributed by atoms with Gasteiger partial charge in [-0.1, -0.05) is 37.3 Å². The second-order valence-corrected chi connectivity index (χ2v) is 13.6. The molecule has 1 saturated heterocycles. The number of fused-ring (bicyclic) bond motifs is 2. The lowest BCUT2D eigenvalue weighted by molar-refractivity contribution is -0.146. The van der Waals surface area contributed by atoms with E-state index in [0.717, 1.165) is 16.8 Å². The van der Waals surface area contributed by atoms with Gasteiger partial charge >= 0.3 is 0 Å². The first kappa shape index (κ1) is 23.6. The van der Waals surface area contributed by atoms with Crippen LogP contribution in [0.5, 0.6) is 0 Å². The van der Waals surface area contributed by atoms with Crippen LogP contribution in [0.3, 0.4) is 0 Å². The zero-order chi connectivity index (χ0) is 24.0. The predicted molar refractivity (Wildman–Crippen MR) is 129 cm³/mol. The van der Waals surface area contributed by atoms with Crippen molar-refractivity contribution in [1.29, 1.82) is 0 Å².